The Bertz CT molecular complexity index is 243. The highest BCUT2D eigenvalue weighted by Crippen LogP contribution is 2.18. The van der Waals surface area contributed by atoms with Gasteiger partial charge in [-0.3, -0.25) is 0 Å². The number of hydrogen-bond donors (Lipinski definition) is 1. The van der Waals surface area contributed by atoms with Crippen LogP contribution in [0.25, 0.3) is 0 Å². The van der Waals surface area contributed by atoms with E-state index in [-0.39, 0.29) is 11.0 Å². The van der Waals surface area contributed by atoms with E-state index in [1.807, 2.05) is 0 Å². The molecule has 0 aromatic carbocycles. The molecule has 0 aliphatic rings. The van der Waals surface area contributed by atoms with Gasteiger partial charge in [-0.15, -0.1) is 0 Å². The lowest BCUT2D eigenvalue weighted by atomic mass is 10.5. The van der Waals surface area contributed by atoms with Gasteiger partial charge in [-0.05, 0) is 6.92 Å². The van der Waals surface area contributed by atoms with E-state index in [0.29, 0.717) is 0 Å². The minimum absolute atomic E-state index is 0.240. The number of rotatable bonds is 0. The van der Waals surface area contributed by atoms with E-state index in [0.717, 1.165) is 0 Å². The summed E-state index contributed by atoms with van der Waals surface area (Å²) in [5, 5.41) is 8.31. The largest absolute Gasteiger partial charge is 0.491 e. The number of halogens is 2. The van der Waals surface area contributed by atoms with Crippen LogP contribution in [-0.4, -0.2) is 15.1 Å². The van der Waals surface area contributed by atoms with Crippen molar-refractivity contribution in [2.45, 2.75) is 6.92 Å². The van der Waals surface area contributed by atoms with Gasteiger partial charge in [-0.25, -0.2) is 4.98 Å². The van der Waals surface area contributed by atoms with E-state index in [2.05, 4.69) is 9.97 Å². The molecule has 0 amide bonds. The molecule has 0 aliphatic carbocycles. The number of aromatic nitrogens is 2. The monoisotopic (exact) mass is 162 g/mol. The Labute approximate surface area is 61.5 Å². The number of aryl methyl sites for hydroxylation is 1. The summed E-state index contributed by atoms with van der Waals surface area (Å²) in [7, 11) is 0. The van der Waals surface area contributed by atoms with Gasteiger partial charge >= 0.3 is 0 Å². The summed E-state index contributed by atoms with van der Waals surface area (Å²) in [5.74, 6) is -1.45. The van der Waals surface area contributed by atoms with E-state index in [9.17, 15) is 4.39 Å². The summed E-state index contributed by atoms with van der Waals surface area (Å²) in [5.41, 5.74) is 0. The van der Waals surface area contributed by atoms with Crippen LogP contribution in [0.1, 0.15) is 5.82 Å². The molecule has 0 spiro atoms. The Morgan fingerprint density at radius 3 is 2.60 bits per heavy atom. The third kappa shape index (κ3) is 1.16. The summed E-state index contributed by atoms with van der Waals surface area (Å²) in [4.78, 5) is 6.77. The fourth-order valence-corrected chi connectivity index (χ4v) is 0.718. The van der Waals surface area contributed by atoms with Crippen molar-refractivity contribution in [1.29, 1.82) is 0 Å². The van der Waals surface area contributed by atoms with Crippen molar-refractivity contribution in [3.63, 3.8) is 0 Å². The molecule has 1 heterocycles. The quantitative estimate of drug-likeness (QED) is 0.585. The fraction of sp³-hybridized carbons (Fsp3) is 0.200. The van der Waals surface area contributed by atoms with Crippen molar-refractivity contribution in [2.24, 2.45) is 0 Å². The Morgan fingerprint density at radius 1 is 1.50 bits per heavy atom. The second-order valence-corrected chi connectivity index (χ2v) is 2.06. The van der Waals surface area contributed by atoms with Crippen molar-refractivity contribution >= 4 is 11.6 Å². The van der Waals surface area contributed by atoms with Crippen molar-refractivity contribution in [3.05, 3.63) is 16.8 Å². The maximum atomic E-state index is 12.4. The first-order valence-electron chi connectivity index (χ1n) is 2.50. The molecule has 0 fully saturated rings. The van der Waals surface area contributed by atoms with Crippen LogP contribution >= 0.6 is 11.6 Å². The topological polar surface area (TPSA) is 46.0 Å². The van der Waals surface area contributed by atoms with Gasteiger partial charge in [0.25, 0.3) is 5.88 Å². The third-order valence-electron chi connectivity index (χ3n) is 0.905. The SMILES string of the molecule is Cc1nc(O)c(F)c(Cl)n1. The molecule has 0 aliphatic heterocycles. The van der Waals surface area contributed by atoms with Crippen LogP contribution in [0.2, 0.25) is 5.15 Å². The first-order chi connectivity index (χ1) is 4.61. The van der Waals surface area contributed by atoms with Crippen LogP contribution in [0, 0.1) is 12.7 Å². The normalized spacial score (nSPS) is 9.90. The Hall–Kier alpha value is -0.900. The minimum atomic E-state index is -0.979. The lowest BCUT2D eigenvalue weighted by Crippen LogP contribution is -1.91. The molecule has 1 aromatic rings. The lowest BCUT2D eigenvalue weighted by molar-refractivity contribution is 0.406. The molecule has 5 heteroatoms. The van der Waals surface area contributed by atoms with E-state index >= 15 is 0 Å². The van der Waals surface area contributed by atoms with Crippen LogP contribution in [0.15, 0.2) is 0 Å². The standard InChI is InChI=1S/C5H4ClFN2O/c1-2-8-4(6)3(7)5(10)9-2/h1H3,(H,8,9,10). The molecular formula is C5H4ClFN2O. The molecule has 10 heavy (non-hydrogen) atoms. The van der Waals surface area contributed by atoms with Gasteiger partial charge in [0.2, 0.25) is 5.82 Å². The van der Waals surface area contributed by atoms with Gasteiger partial charge in [-0.2, -0.15) is 9.37 Å². The number of aromatic hydroxyl groups is 1. The van der Waals surface area contributed by atoms with Gasteiger partial charge in [0, 0.05) is 0 Å². The zero-order valence-corrected chi connectivity index (χ0v) is 5.85. The van der Waals surface area contributed by atoms with Crippen molar-refractivity contribution in [2.75, 3.05) is 0 Å². The van der Waals surface area contributed by atoms with Gasteiger partial charge in [0.1, 0.15) is 5.82 Å². The number of hydrogen-bond acceptors (Lipinski definition) is 3. The van der Waals surface area contributed by atoms with Crippen LogP contribution < -0.4 is 0 Å². The average Bonchev–Trinajstić information content (AvgIpc) is 1.82. The highest BCUT2D eigenvalue weighted by Gasteiger charge is 2.08. The summed E-state index contributed by atoms with van der Waals surface area (Å²) in [6.07, 6.45) is 0. The second-order valence-electron chi connectivity index (χ2n) is 1.70. The summed E-state index contributed by atoms with van der Waals surface area (Å²) in [6, 6.07) is 0. The Morgan fingerprint density at radius 2 is 2.10 bits per heavy atom. The van der Waals surface area contributed by atoms with Gasteiger partial charge < -0.3 is 5.11 Å². The highest BCUT2D eigenvalue weighted by molar-refractivity contribution is 6.29. The van der Waals surface area contributed by atoms with Crippen LogP contribution in [0.5, 0.6) is 5.88 Å². The molecule has 0 atom stereocenters. The predicted molar refractivity (Wildman–Crippen MR) is 33.4 cm³/mol. The first kappa shape index (κ1) is 7.21. The highest BCUT2D eigenvalue weighted by atomic mass is 35.5. The van der Waals surface area contributed by atoms with Gasteiger partial charge in [0.15, 0.2) is 5.15 Å². The van der Waals surface area contributed by atoms with Crippen LogP contribution in [0.3, 0.4) is 0 Å². The summed E-state index contributed by atoms with van der Waals surface area (Å²) in [6.45, 7) is 1.50. The molecule has 0 saturated carbocycles. The average molecular weight is 163 g/mol. The molecular weight excluding hydrogens is 159 g/mol. The molecule has 1 rings (SSSR count). The van der Waals surface area contributed by atoms with Crippen molar-refractivity contribution in [1.82, 2.24) is 9.97 Å². The molecule has 1 aromatic heterocycles. The Balaban J connectivity index is 3.31. The Kier molecular flexibility index (Phi) is 1.72. The molecule has 1 N–H and O–H groups in total. The number of nitrogens with zero attached hydrogens (tertiary/aromatic N) is 2. The zero-order chi connectivity index (χ0) is 7.72. The molecule has 3 nitrogen and oxygen atoms in total. The van der Waals surface area contributed by atoms with Crippen molar-refractivity contribution < 1.29 is 9.50 Å². The smallest absolute Gasteiger partial charge is 0.252 e. The van der Waals surface area contributed by atoms with E-state index in [4.69, 9.17) is 16.7 Å². The fourth-order valence-electron chi connectivity index (χ4n) is 0.511. The minimum Gasteiger partial charge on any atom is -0.491 e. The molecule has 0 saturated heterocycles. The van der Waals surface area contributed by atoms with Gasteiger partial charge in [0.05, 0.1) is 0 Å². The van der Waals surface area contributed by atoms with Crippen LogP contribution in [-0.2, 0) is 0 Å². The van der Waals surface area contributed by atoms with Crippen LogP contribution in [0.4, 0.5) is 4.39 Å². The van der Waals surface area contributed by atoms with E-state index in [1.165, 1.54) is 6.92 Å². The van der Waals surface area contributed by atoms with Gasteiger partial charge in [-0.1, -0.05) is 11.6 Å². The molecule has 0 radical (unpaired) electrons. The summed E-state index contributed by atoms with van der Waals surface area (Å²) < 4.78 is 12.4. The maximum Gasteiger partial charge on any atom is 0.252 e. The predicted octanol–water partition coefficient (Wildman–Crippen LogP) is 1.28. The zero-order valence-electron chi connectivity index (χ0n) is 5.10. The first-order valence-corrected chi connectivity index (χ1v) is 2.87. The van der Waals surface area contributed by atoms with E-state index in [1.54, 1.807) is 0 Å². The molecule has 0 bridgehead atoms. The third-order valence-corrected chi connectivity index (χ3v) is 1.16. The summed E-state index contributed by atoms with van der Waals surface area (Å²) >= 11 is 5.23. The van der Waals surface area contributed by atoms with E-state index < -0.39 is 11.7 Å². The molecule has 54 valence electrons. The van der Waals surface area contributed by atoms with Crippen molar-refractivity contribution in [3.8, 4) is 5.88 Å². The maximum absolute atomic E-state index is 12.4. The molecule has 0 unspecified atom stereocenters. The second kappa shape index (κ2) is 2.38. The lowest BCUT2D eigenvalue weighted by Gasteiger charge is -1.96.